The molecular formula is C14H8N4S2. The van der Waals surface area contributed by atoms with Gasteiger partial charge in [0.2, 0.25) is 0 Å². The monoisotopic (exact) mass is 296 g/mol. The molecule has 4 N–H and O–H groups in total. The zero-order valence-corrected chi connectivity index (χ0v) is 11.8. The highest BCUT2D eigenvalue weighted by molar-refractivity contribution is 7.19. The standard InChI is InChI=1S/C14H8N4S2/c15-5-9(17)11-7-1-3-19-13(7)12(10(18)6-16)14-8(11)2-4-20-14/h1-4H,17-18H2. The Bertz CT molecular complexity index is 902. The van der Waals surface area contributed by atoms with Crippen molar-refractivity contribution < 1.29 is 0 Å². The maximum atomic E-state index is 9.12. The molecule has 3 rings (SSSR count). The molecule has 0 aliphatic rings. The third kappa shape index (κ3) is 1.56. The Morgan fingerprint density at radius 3 is 1.75 bits per heavy atom. The van der Waals surface area contributed by atoms with Gasteiger partial charge in [-0.2, -0.15) is 10.5 Å². The van der Waals surface area contributed by atoms with E-state index in [2.05, 4.69) is 0 Å². The number of fused-ring (bicyclic) bond motifs is 2. The third-order valence-electron chi connectivity index (χ3n) is 3.10. The molecule has 0 atom stereocenters. The largest absolute Gasteiger partial charge is 0.390 e. The molecule has 0 spiro atoms. The molecule has 0 amide bonds. The lowest BCUT2D eigenvalue weighted by Gasteiger charge is -2.01. The highest BCUT2D eigenvalue weighted by atomic mass is 32.1. The molecule has 0 bridgehead atoms. The first-order chi connectivity index (χ1) is 9.69. The number of hydrogen-bond donors (Lipinski definition) is 2. The Hall–Kier alpha value is -2.54. The van der Waals surface area contributed by atoms with E-state index in [9.17, 15) is 0 Å². The molecule has 1 aromatic carbocycles. The van der Waals surface area contributed by atoms with E-state index >= 15 is 0 Å². The highest BCUT2D eigenvalue weighted by Gasteiger charge is 2.12. The molecule has 96 valence electrons. The molecule has 0 aliphatic carbocycles. The van der Waals surface area contributed by atoms with E-state index in [0.717, 1.165) is 30.6 Å². The number of nitrogens with zero attached hydrogens (tertiary/aromatic N) is 2. The Balaban J connectivity index is 2.86. The molecular weight excluding hydrogens is 288 g/mol. The van der Waals surface area contributed by atoms with E-state index in [0.29, 0.717) is 0 Å². The SMILES string of the molecule is N#CC(N)=c1c2ccsc2c(=C(N)C#N)c2sccc12. The minimum Gasteiger partial charge on any atom is -0.390 e. The van der Waals surface area contributed by atoms with Crippen LogP contribution in [0.4, 0.5) is 0 Å². The van der Waals surface area contributed by atoms with Crippen molar-refractivity contribution in [2.45, 2.75) is 0 Å². The van der Waals surface area contributed by atoms with E-state index in [4.69, 9.17) is 22.0 Å². The van der Waals surface area contributed by atoms with Crippen LogP contribution in [0.1, 0.15) is 0 Å². The summed E-state index contributed by atoms with van der Waals surface area (Å²) < 4.78 is 1.79. The molecule has 0 unspecified atom stereocenters. The van der Waals surface area contributed by atoms with Gasteiger partial charge in [-0.05, 0) is 22.9 Å². The second-order valence-electron chi connectivity index (χ2n) is 4.13. The van der Waals surface area contributed by atoms with E-state index in [1.807, 2.05) is 35.0 Å². The Morgan fingerprint density at radius 1 is 0.850 bits per heavy atom. The summed E-state index contributed by atoms with van der Waals surface area (Å²) in [4.78, 5) is 0. The number of benzene rings is 1. The first kappa shape index (κ1) is 12.5. The first-order valence-corrected chi connectivity index (χ1v) is 7.41. The van der Waals surface area contributed by atoms with Gasteiger partial charge in [-0.1, -0.05) is 0 Å². The minimum atomic E-state index is 0.180. The molecule has 2 aromatic heterocycles. The Morgan fingerprint density at radius 2 is 1.30 bits per heavy atom. The van der Waals surface area contributed by atoms with Crippen LogP contribution in [0, 0.1) is 22.7 Å². The van der Waals surface area contributed by atoms with Crippen molar-refractivity contribution in [3.8, 4) is 12.1 Å². The van der Waals surface area contributed by atoms with Crippen molar-refractivity contribution >= 4 is 54.2 Å². The van der Waals surface area contributed by atoms with Crippen molar-refractivity contribution in [1.29, 1.82) is 10.5 Å². The van der Waals surface area contributed by atoms with Crippen LogP contribution in [-0.2, 0) is 0 Å². The smallest absolute Gasteiger partial charge is 0.121 e. The Labute approximate surface area is 122 Å². The average molecular weight is 296 g/mol. The number of rotatable bonds is 0. The predicted molar refractivity (Wildman–Crippen MR) is 82.9 cm³/mol. The van der Waals surface area contributed by atoms with Gasteiger partial charge in [0, 0.05) is 30.6 Å². The molecule has 4 nitrogen and oxygen atoms in total. The second-order valence-corrected chi connectivity index (χ2v) is 5.96. The summed E-state index contributed by atoms with van der Waals surface area (Å²) >= 11 is 2.99. The third-order valence-corrected chi connectivity index (χ3v) is 4.97. The molecule has 20 heavy (non-hydrogen) atoms. The van der Waals surface area contributed by atoms with Crippen LogP contribution >= 0.6 is 22.7 Å². The molecule has 0 saturated heterocycles. The fraction of sp³-hybridized carbons (Fsp3) is 0. The summed E-state index contributed by atoms with van der Waals surface area (Å²) in [5.74, 6) is 0. The molecule has 0 fully saturated rings. The van der Waals surface area contributed by atoms with Gasteiger partial charge in [-0.15, -0.1) is 22.7 Å². The lowest BCUT2D eigenvalue weighted by molar-refractivity contribution is 1.48. The van der Waals surface area contributed by atoms with Crippen LogP contribution in [0.15, 0.2) is 22.9 Å². The van der Waals surface area contributed by atoms with Gasteiger partial charge < -0.3 is 11.5 Å². The molecule has 0 aliphatic heterocycles. The minimum absolute atomic E-state index is 0.180. The van der Waals surface area contributed by atoms with Gasteiger partial charge in [0.15, 0.2) is 0 Å². The second kappa shape index (κ2) is 4.53. The van der Waals surface area contributed by atoms with Crippen LogP contribution in [0.2, 0.25) is 0 Å². The summed E-state index contributed by atoms with van der Waals surface area (Å²) in [5, 5.41) is 25.3. The first-order valence-electron chi connectivity index (χ1n) is 5.65. The molecule has 6 heteroatoms. The van der Waals surface area contributed by atoms with Crippen molar-refractivity contribution in [1.82, 2.24) is 0 Å². The van der Waals surface area contributed by atoms with Crippen molar-refractivity contribution in [3.05, 3.63) is 33.3 Å². The zero-order chi connectivity index (χ0) is 14.3. The fourth-order valence-electron chi connectivity index (χ4n) is 2.29. The fourth-order valence-corrected chi connectivity index (χ4v) is 4.29. The zero-order valence-electron chi connectivity index (χ0n) is 10.2. The summed E-state index contributed by atoms with van der Waals surface area (Å²) in [6.07, 6.45) is 0. The number of thiophene rings is 2. The van der Waals surface area contributed by atoms with Gasteiger partial charge in [0.25, 0.3) is 0 Å². The number of nitriles is 2. The van der Waals surface area contributed by atoms with Gasteiger partial charge >= 0.3 is 0 Å². The lowest BCUT2D eigenvalue weighted by atomic mass is 10.1. The predicted octanol–water partition coefficient (Wildman–Crippen LogP) is 1.30. The molecule has 2 heterocycles. The number of hydrogen-bond acceptors (Lipinski definition) is 6. The highest BCUT2D eigenvalue weighted by Crippen LogP contribution is 2.22. The molecule has 0 saturated carbocycles. The molecule has 0 radical (unpaired) electrons. The summed E-state index contributed by atoms with van der Waals surface area (Å²) in [6.45, 7) is 0. The van der Waals surface area contributed by atoms with Gasteiger partial charge in [0.05, 0.1) is 0 Å². The van der Waals surface area contributed by atoms with E-state index in [1.165, 1.54) is 22.7 Å². The normalized spacial score (nSPS) is 10.3. The lowest BCUT2D eigenvalue weighted by Crippen LogP contribution is -2.20. The van der Waals surface area contributed by atoms with E-state index in [1.54, 1.807) is 0 Å². The van der Waals surface area contributed by atoms with Crippen molar-refractivity contribution in [3.63, 3.8) is 0 Å². The van der Waals surface area contributed by atoms with Crippen molar-refractivity contribution in [2.75, 3.05) is 0 Å². The number of nitrogens with two attached hydrogens (primary N) is 2. The van der Waals surface area contributed by atoms with Crippen LogP contribution in [0.3, 0.4) is 0 Å². The summed E-state index contributed by atoms with van der Waals surface area (Å²) in [5.41, 5.74) is 12.1. The van der Waals surface area contributed by atoms with Crippen LogP contribution in [0.5, 0.6) is 0 Å². The van der Waals surface area contributed by atoms with Crippen LogP contribution in [0.25, 0.3) is 31.6 Å². The van der Waals surface area contributed by atoms with E-state index in [-0.39, 0.29) is 11.4 Å². The quantitative estimate of drug-likeness (QED) is 0.653. The summed E-state index contributed by atoms with van der Waals surface area (Å²) in [6, 6.07) is 7.84. The maximum absolute atomic E-state index is 9.12. The topological polar surface area (TPSA) is 99.6 Å². The van der Waals surface area contributed by atoms with Crippen LogP contribution in [-0.4, -0.2) is 0 Å². The average Bonchev–Trinajstić information content (AvgIpc) is 3.11. The van der Waals surface area contributed by atoms with Gasteiger partial charge in [0.1, 0.15) is 23.5 Å². The molecule has 3 aromatic rings. The maximum Gasteiger partial charge on any atom is 0.121 e. The Kier molecular flexibility index (Phi) is 2.83. The van der Waals surface area contributed by atoms with Crippen LogP contribution < -0.4 is 21.9 Å². The summed E-state index contributed by atoms with van der Waals surface area (Å²) in [7, 11) is 0. The van der Waals surface area contributed by atoms with Gasteiger partial charge in [-0.3, -0.25) is 0 Å². The van der Waals surface area contributed by atoms with E-state index < -0.39 is 0 Å². The van der Waals surface area contributed by atoms with Gasteiger partial charge in [-0.25, -0.2) is 0 Å². The van der Waals surface area contributed by atoms with Crippen molar-refractivity contribution in [2.24, 2.45) is 11.5 Å².